The predicted molar refractivity (Wildman–Crippen MR) is 130 cm³/mol. The van der Waals surface area contributed by atoms with E-state index in [-0.39, 0.29) is 6.09 Å². The number of carbonyl (C=O) groups is 1. The van der Waals surface area contributed by atoms with E-state index in [9.17, 15) is 4.79 Å². The van der Waals surface area contributed by atoms with Gasteiger partial charge in [0.25, 0.3) is 0 Å². The first-order chi connectivity index (χ1) is 16.1. The molecule has 1 saturated heterocycles. The Hall–Kier alpha value is -3.25. The fraction of sp³-hybridized carbons (Fsp3) is 0.370. The molecule has 0 unspecified atom stereocenters. The number of aromatic nitrogens is 2. The van der Waals surface area contributed by atoms with Gasteiger partial charge < -0.3 is 9.64 Å². The van der Waals surface area contributed by atoms with Crippen LogP contribution in [0.2, 0.25) is 0 Å². The summed E-state index contributed by atoms with van der Waals surface area (Å²) in [4.78, 5) is 25.8. The van der Waals surface area contributed by atoms with Crippen LogP contribution in [0.4, 0.5) is 4.79 Å². The van der Waals surface area contributed by atoms with E-state index in [0.29, 0.717) is 18.8 Å². The van der Waals surface area contributed by atoms with E-state index in [1.54, 1.807) is 4.90 Å². The molecule has 1 aliphatic rings. The zero-order valence-corrected chi connectivity index (χ0v) is 19.5. The number of rotatable bonds is 7. The predicted octanol–water partition coefficient (Wildman–Crippen LogP) is 4.24. The van der Waals surface area contributed by atoms with Gasteiger partial charge in [-0.05, 0) is 68.1 Å². The maximum atomic E-state index is 12.6. The second kappa shape index (κ2) is 11.1. The van der Waals surface area contributed by atoms with E-state index in [1.807, 2.05) is 49.5 Å². The van der Waals surface area contributed by atoms with Crippen molar-refractivity contribution in [3.05, 3.63) is 89.0 Å². The molecular formula is C27H32N4O2. The molecule has 3 aromatic rings. The molecule has 172 valence electrons. The molecule has 0 saturated carbocycles. The Morgan fingerprint density at radius 1 is 0.909 bits per heavy atom. The van der Waals surface area contributed by atoms with Gasteiger partial charge in [0.05, 0.1) is 0 Å². The average Bonchev–Trinajstić information content (AvgIpc) is 2.83. The maximum Gasteiger partial charge on any atom is 0.415 e. The van der Waals surface area contributed by atoms with Crippen molar-refractivity contribution in [2.24, 2.45) is 0 Å². The minimum atomic E-state index is -0.271. The summed E-state index contributed by atoms with van der Waals surface area (Å²) >= 11 is 0. The molecule has 1 amide bonds. The highest BCUT2D eigenvalue weighted by Crippen LogP contribution is 2.16. The van der Waals surface area contributed by atoms with Crippen LogP contribution in [0.1, 0.15) is 28.2 Å². The summed E-state index contributed by atoms with van der Waals surface area (Å²) in [6.45, 7) is 8.14. The molecule has 2 aromatic heterocycles. The fourth-order valence-electron chi connectivity index (χ4n) is 4.10. The topological polar surface area (TPSA) is 58.6 Å². The van der Waals surface area contributed by atoms with Crippen molar-refractivity contribution in [3.8, 4) is 5.75 Å². The van der Waals surface area contributed by atoms with Crippen molar-refractivity contribution < 1.29 is 9.53 Å². The van der Waals surface area contributed by atoms with Gasteiger partial charge in [-0.3, -0.25) is 14.9 Å². The van der Waals surface area contributed by atoms with E-state index >= 15 is 0 Å². The van der Waals surface area contributed by atoms with Crippen LogP contribution in [0, 0.1) is 13.8 Å². The summed E-state index contributed by atoms with van der Waals surface area (Å²) in [5.74, 6) is 0.589. The first-order valence-electron chi connectivity index (χ1n) is 11.7. The fourth-order valence-corrected chi connectivity index (χ4v) is 4.10. The first-order valence-corrected chi connectivity index (χ1v) is 11.7. The van der Waals surface area contributed by atoms with Crippen molar-refractivity contribution in [3.63, 3.8) is 0 Å². The van der Waals surface area contributed by atoms with Gasteiger partial charge in [-0.2, -0.15) is 0 Å². The lowest BCUT2D eigenvalue weighted by Gasteiger charge is -2.33. The highest BCUT2D eigenvalue weighted by atomic mass is 16.6. The molecule has 0 radical (unpaired) electrons. The SMILES string of the molecule is Cc1cccc(CCN2CCN(C(=O)Oc3ccc(CCc4ncccc4C)cc3)CC2)n1. The van der Waals surface area contributed by atoms with Crippen LogP contribution in [0.5, 0.6) is 5.75 Å². The highest BCUT2D eigenvalue weighted by molar-refractivity contribution is 5.70. The summed E-state index contributed by atoms with van der Waals surface area (Å²) in [7, 11) is 0. The van der Waals surface area contributed by atoms with E-state index < -0.39 is 0 Å². The van der Waals surface area contributed by atoms with E-state index in [0.717, 1.165) is 56.0 Å². The largest absolute Gasteiger partial charge is 0.415 e. The van der Waals surface area contributed by atoms with Crippen molar-refractivity contribution in [2.45, 2.75) is 33.1 Å². The first kappa shape index (κ1) is 22.9. The van der Waals surface area contributed by atoms with Crippen LogP contribution in [0.3, 0.4) is 0 Å². The van der Waals surface area contributed by atoms with Gasteiger partial charge in [0.15, 0.2) is 0 Å². The minimum absolute atomic E-state index is 0.271. The Bertz CT molecular complexity index is 1060. The number of hydrogen-bond donors (Lipinski definition) is 0. The number of ether oxygens (including phenoxy) is 1. The van der Waals surface area contributed by atoms with Gasteiger partial charge in [-0.25, -0.2) is 4.79 Å². The third-order valence-corrected chi connectivity index (χ3v) is 6.16. The summed E-state index contributed by atoms with van der Waals surface area (Å²) < 4.78 is 5.61. The summed E-state index contributed by atoms with van der Waals surface area (Å²) in [6, 6.07) is 18.0. The van der Waals surface area contributed by atoms with Gasteiger partial charge in [-0.15, -0.1) is 0 Å². The highest BCUT2D eigenvalue weighted by Gasteiger charge is 2.22. The third kappa shape index (κ3) is 6.62. The summed E-state index contributed by atoms with van der Waals surface area (Å²) in [6.07, 6.45) is 4.30. The molecule has 6 heteroatoms. The number of carbonyl (C=O) groups excluding carboxylic acids is 1. The standard InChI is InChI=1S/C27H32N4O2/c1-21-5-4-15-28-26(21)13-10-23-8-11-25(12-9-23)33-27(32)31-19-17-30(18-20-31)16-14-24-7-3-6-22(2)29-24/h3-9,11-12,15H,10,13-14,16-20H2,1-2H3. The number of pyridine rings is 2. The van der Waals surface area contributed by atoms with Crippen molar-refractivity contribution in [1.29, 1.82) is 0 Å². The van der Waals surface area contributed by atoms with Crippen LogP contribution in [-0.2, 0) is 19.3 Å². The Labute approximate surface area is 196 Å². The quantitative estimate of drug-likeness (QED) is 0.546. The second-order valence-electron chi connectivity index (χ2n) is 8.63. The van der Waals surface area contributed by atoms with Crippen molar-refractivity contribution >= 4 is 6.09 Å². The van der Waals surface area contributed by atoms with Crippen LogP contribution >= 0.6 is 0 Å². The lowest BCUT2D eigenvalue weighted by Crippen LogP contribution is -2.49. The van der Waals surface area contributed by atoms with E-state index in [2.05, 4.69) is 40.0 Å². The molecule has 0 N–H and O–H groups in total. The number of nitrogens with zero attached hydrogens (tertiary/aromatic N) is 4. The summed E-state index contributed by atoms with van der Waals surface area (Å²) in [5.41, 5.74) is 5.72. The third-order valence-electron chi connectivity index (χ3n) is 6.16. The van der Waals surface area contributed by atoms with Crippen LogP contribution in [0.25, 0.3) is 0 Å². The van der Waals surface area contributed by atoms with Crippen molar-refractivity contribution in [1.82, 2.24) is 19.8 Å². The monoisotopic (exact) mass is 444 g/mol. The van der Waals surface area contributed by atoms with Crippen LogP contribution < -0.4 is 4.74 Å². The molecule has 1 aliphatic heterocycles. The van der Waals surface area contributed by atoms with Gasteiger partial charge in [0, 0.05) is 62.4 Å². The molecule has 0 atom stereocenters. The number of benzene rings is 1. The molecular weight excluding hydrogens is 412 g/mol. The normalized spacial score (nSPS) is 14.3. The molecule has 0 aliphatic carbocycles. The number of amides is 1. The van der Waals surface area contributed by atoms with Gasteiger partial charge in [0.1, 0.15) is 5.75 Å². The van der Waals surface area contributed by atoms with Crippen molar-refractivity contribution in [2.75, 3.05) is 32.7 Å². The van der Waals surface area contributed by atoms with Crippen LogP contribution in [-0.4, -0.2) is 58.6 Å². The molecule has 1 fully saturated rings. The van der Waals surface area contributed by atoms with Gasteiger partial charge in [-0.1, -0.05) is 24.3 Å². The zero-order chi connectivity index (χ0) is 23.0. The van der Waals surface area contributed by atoms with Crippen LogP contribution in [0.15, 0.2) is 60.8 Å². The lowest BCUT2D eigenvalue weighted by atomic mass is 10.1. The number of aryl methyl sites for hydroxylation is 4. The smallest absolute Gasteiger partial charge is 0.410 e. The van der Waals surface area contributed by atoms with E-state index in [1.165, 1.54) is 11.1 Å². The molecule has 0 spiro atoms. The molecule has 4 rings (SSSR count). The minimum Gasteiger partial charge on any atom is -0.410 e. The number of hydrogen-bond acceptors (Lipinski definition) is 5. The molecule has 33 heavy (non-hydrogen) atoms. The maximum absolute atomic E-state index is 12.6. The molecule has 6 nitrogen and oxygen atoms in total. The Balaban J connectivity index is 1.20. The number of piperazine rings is 1. The van der Waals surface area contributed by atoms with Gasteiger partial charge >= 0.3 is 6.09 Å². The zero-order valence-electron chi connectivity index (χ0n) is 19.5. The molecule has 3 heterocycles. The lowest BCUT2D eigenvalue weighted by molar-refractivity contribution is 0.111. The Morgan fingerprint density at radius 3 is 2.42 bits per heavy atom. The summed E-state index contributed by atoms with van der Waals surface area (Å²) in [5, 5.41) is 0. The van der Waals surface area contributed by atoms with E-state index in [4.69, 9.17) is 4.74 Å². The average molecular weight is 445 g/mol. The molecule has 1 aromatic carbocycles. The Morgan fingerprint density at radius 2 is 1.70 bits per heavy atom. The Kier molecular flexibility index (Phi) is 7.68. The second-order valence-corrected chi connectivity index (χ2v) is 8.63. The molecule has 0 bridgehead atoms. The van der Waals surface area contributed by atoms with Gasteiger partial charge in [0.2, 0.25) is 0 Å².